The standard InChI is InChI=1S/C19H19N3O2/c23-18-8-5-13-9-15(6-7-16(13)22-18)21-19(24)17-10-12-3-1-2-4-14(12)11-20-17/h1-4,6-7,9,17,20H,5,8,10-11H2,(H,21,24)(H,22,23). The van der Waals surface area contributed by atoms with Gasteiger partial charge in [0, 0.05) is 24.3 Å². The summed E-state index contributed by atoms with van der Waals surface area (Å²) in [5, 5.41) is 9.13. The maximum absolute atomic E-state index is 12.6. The third-order valence-electron chi connectivity index (χ3n) is 4.67. The molecule has 0 bridgehead atoms. The molecule has 122 valence electrons. The molecule has 1 atom stereocenters. The first-order valence-electron chi connectivity index (χ1n) is 8.23. The van der Waals surface area contributed by atoms with Gasteiger partial charge >= 0.3 is 0 Å². The van der Waals surface area contributed by atoms with Gasteiger partial charge in [0.05, 0.1) is 6.04 Å². The van der Waals surface area contributed by atoms with Crippen molar-refractivity contribution in [2.24, 2.45) is 0 Å². The van der Waals surface area contributed by atoms with Crippen molar-refractivity contribution in [2.75, 3.05) is 10.6 Å². The summed E-state index contributed by atoms with van der Waals surface area (Å²) in [6.07, 6.45) is 1.90. The Morgan fingerprint density at radius 2 is 1.88 bits per heavy atom. The van der Waals surface area contributed by atoms with E-state index in [0.717, 1.165) is 16.9 Å². The molecule has 0 fully saturated rings. The SMILES string of the molecule is O=C1CCc2cc(NC(=O)C3Cc4ccccc4CN3)ccc2N1. The Morgan fingerprint density at radius 1 is 1.04 bits per heavy atom. The molecule has 5 heteroatoms. The van der Waals surface area contributed by atoms with Gasteiger partial charge in [-0.05, 0) is 47.7 Å². The number of carbonyl (C=O) groups is 2. The van der Waals surface area contributed by atoms with Crippen molar-refractivity contribution in [3.63, 3.8) is 0 Å². The van der Waals surface area contributed by atoms with Crippen LogP contribution in [0, 0.1) is 0 Å². The maximum Gasteiger partial charge on any atom is 0.241 e. The Bertz CT molecular complexity index is 816. The van der Waals surface area contributed by atoms with E-state index in [-0.39, 0.29) is 17.9 Å². The van der Waals surface area contributed by atoms with Gasteiger partial charge in [0.15, 0.2) is 0 Å². The van der Waals surface area contributed by atoms with Gasteiger partial charge in [0.2, 0.25) is 11.8 Å². The quantitative estimate of drug-likeness (QED) is 0.794. The fraction of sp³-hybridized carbons (Fsp3) is 0.263. The van der Waals surface area contributed by atoms with E-state index in [1.54, 1.807) is 0 Å². The molecular formula is C19H19N3O2. The maximum atomic E-state index is 12.6. The number of hydrogen-bond acceptors (Lipinski definition) is 3. The number of rotatable bonds is 2. The lowest BCUT2D eigenvalue weighted by Crippen LogP contribution is -2.44. The molecule has 2 aromatic carbocycles. The van der Waals surface area contributed by atoms with Gasteiger partial charge in [0.1, 0.15) is 0 Å². The van der Waals surface area contributed by atoms with Crippen molar-refractivity contribution >= 4 is 23.2 Å². The van der Waals surface area contributed by atoms with Crippen LogP contribution < -0.4 is 16.0 Å². The molecule has 5 nitrogen and oxygen atoms in total. The Morgan fingerprint density at radius 3 is 2.75 bits per heavy atom. The van der Waals surface area contributed by atoms with Crippen molar-refractivity contribution in [3.8, 4) is 0 Å². The molecule has 2 amide bonds. The van der Waals surface area contributed by atoms with Crippen LogP contribution >= 0.6 is 0 Å². The minimum absolute atomic E-state index is 0.0238. The molecule has 3 N–H and O–H groups in total. The van der Waals surface area contributed by atoms with Crippen LogP contribution in [-0.4, -0.2) is 17.9 Å². The number of aryl methyl sites for hydroxylation is 1. The van der Waals surface area contributed by atoms with Crippen molar-refractivity contribution in [2.45, 2.75) is 31.8 Å². The van der Waals surface area contributed by atoms with E-state index >= 15 is 0 Å². The van der Waals surface area contributed by atoms with Gasteiger partial charge in [-0.25, -0.2) is 0 Å². The number of carbonyl (C=O) groups excluding carboxylic acids is 2. The molecule has 0 saturated carbocycles. The van der Waals surface area contributed by atoms with E-state index in [4.69, 9.17) is 0 Å². The van der Waals surface area contributed by atoms with Crippen LogP contribution in [0.25, 0.3) is 0 Å². The Balaban J connectivity index is 1.46. The lowest BCUT2D eigenvalue weighted by molar-refractivity contribution is -0.118. The Hall–Kier alpha value is -2.66. The summed E-state index contributed by atoms with van der Waals surface area (Å²) < 4.78 is 0. The van der Waals surface area contributed by atoms with Crippen LogP contribution in [0.2, 0.25) is 0 Å². The molecule has 2 heterocycles. The van der Waals surface area contributed by atoms with Crippen molar-refractivity contribution in [1.29, 1.82) is 0 Å². The van der Waals surface area contributed by atoms with Gasteiger partial charge in [-0.15, -0.1) is 0 Å². The molecular weight excluding hydrogens is 302 g/mol. The second kappa shape index (κ2) is 6.09. The lowest BCUT2D eigenvalue weighted by Gasteiger charge is -2.25. The van der Waals surface area contributed by atoms with Crippen LogP contribution in [0.4, 0.5) is 11.4 Å². The number of fused-ring (bicyclic) bond motifs is 2. The van der Waals surface area contributed by atoms with E-state index in [9.17, 15) is 9.59 Å². The summed E-state index contributed by atoms with van der Waals surface area (Å²) in [5.74, 6) is 0.0219. The highest BCUT2D eigenvalue weighted by Gasteiger charge is 2.24. The second-order valence-corrected chi connectivity index (χ2v) is 6.32. The highest BCUT2D eigenvalue weighted by molar-refractivity contribution is 5.97. The van der Waals surface area contributed by atoms with Crippen molar-refractivity contribution in [3.05, 3.63) is 59.2 Å². The lowest BCUT2D eigenvalue weighted by atomic mass is 9.95. The molecule has 1 unspecified atom stereocenters. The van der Waals surface area contributed by atoms with E-state index in [2.05, 4.69) is 28.1 Å². The zero-order valence-electron chi connectivity index (χ0n) is 13.3. The van der Waals surface area contributed by atoms with Gasteiger partial charge in [-0.3, -0.25) is 9.59 Å². The molecule has 2 aliphatic rings. The molecule has 24 heavy (non-hydrogen) atoms. The van der Waals surface area contributed by atoms with Crippen LogP contribution in [0.3, 0.4) is 0 Å². The first-order chi connectivity index (χ1) is 11.7. The van der Waals surface area contributed by atoms with Gasteiger partial charge < -0.3 is 16.0 Å². The first-order valence-corrected chi connectivity index (χ1v) is 8.23. The molecule has 0 aliphatic carbocycles. The van der Waals surface area contributed by atoms with Crippen LogP contribution in [0.5, 0.6) is 0 Å². The summed E-state index contributed by atoms with van der Waals surface area (Å²) >= 11 is 0. The average molecular weight is 321 g/mol. The summed E-state index contributed by atoms with van der Waals surface area (Å²) in [5.41, 5.74) is 5.16. The molecule has 2 aromatic rings. The van der Waals surface area contributed by atoms with Crippen LogP contribution in [-0.2, 0) is 29.0 Å². The van der Waals surface area contributed by atoms with Gasteiger partial charge in [-0.2, -0.15) is 0 Å². The fourth-order valence-electron chi connectivity index (χ4n) is 3.33. The normalized spacial score (nSPS) is 19.0. The van der Waals surface area contributed by atoms with E-state index in [0.29, 0.717) is 25.8 Å². The van der Waals surface area contributed by atoms with Crippen molar-refractivity contribution < 1.29 is 9.59 Å². The Labute approximate surface area is 140 Å². The smallest absolute Gasteiger partial charge is 0.241 e. The summed E-state index contributed by atoms with van der Waals surface area (Å²) in [4.78, 5) is 24.0. The third-order valence-corrected chi connectivity index (χ3v) is 4.67. The fourth-order valence-corrected chi connectivity index (χ4v) is 3.33. The highest BCUT2D eigenvalue weighted by Crippen LogP contribution is 2.26. The molecule has 0 radical (unpaired) electrons. The molecule has 4 rings (SSSR count). The third kappa shape index (κ3) is 2.90. The van der Waals surface area contributed by atoms with Gasteiger partial charge in [-0.1, -0.05) is 24.3 Å². The molecule has 2 aliphatic heterocycles. The zero-order valence-corrected chi connectivity index (χ0v) is 13.3. The summed E-state index contributed by atoms with van der Waals surface area (Å²) in [6.45, 7) is 0.713. The molecule has 0 spiro atoms. The topological polar surface area (TPSA) is 70.2 Å². The largest absolute Gasteiger partial charge is 0.326 e. The van der Waals surface area contributed by atoms with Crippen molar-refractivity contribution in [1.82, 2.24) is 5.32 Å². The molecule has 0 aromatic heterocycles. The van der Waals surface area contributed by atoms with Gasteiger partial charge in [0.25, 0.3) is 0 Å². The predicted octanol–water partition coefficient (Wildman–Crippen LogP) is 2.22. The minimum Gasteiger partial charge on any atom is -0.326 e. The average Bonchev–Trinajstić information content (AvgIpc) is 2.61. The first kappa shape index (κ1) is 14.9. The van der Waals surface area contributed by atoms with E-state index < -0.39 is 0 Å². The van der Waals surface area contributed by atoms with Crippen LogP contribution in [0.1, 0.15) is 23.1 Å². The number of benzene rings is 2. The van der Waals surface area contributed by atoms with E-state index in [1.165, 1.54) is 11.1 Å². The van der Waals surface area contributed by atoms with E-state index in [1.807, 2.05) is 30.3 Å². The Kier molecular flexibility index (Phi) is 3.78. The number of anilines is 2. The monoisotopic (exact) mass is 321 g/mol. The summed E-state index contributed by atoms with van der Waals surface area (Å²) in [7, 11) is 0. The minimum atomic E-state index is -0.226. The zero-order chi connectivity index (χ0) is 16.5. The predicted molar refractivity (Wildman–Crippen MR) is 92.8 cm³/mol. The summed E-state index contributed by atoms with van der Waals surface area (Å²) in [6, 6.07) is 13.6. The highest BCUT2D eigenvalue weighted by atomic mass is 16.2. The van der Waals surface area contributed by atoms with Crippen LogP contribution in [0.15, 0.2) is 42.5 Å². The second-order valence-electron chi connectivity index (χ2n) is 6.32. The molecule has 0 saturated heterocycles. The number of nitrogens with one attached hydrogen (secondary N) is 3. The number of amides is 2. The number of hydrogen-bond donors (Lipinski definition) is 3.